The van der Waals surface area contributed by atoms with Crippen LogP contribution in [0, 0.1) is 6.92 Å². The Hall–Kier alpha value is -2.94. The van der Waals surface area contributed by atoms with Crippen LogP contribution in [0.1, 0.15) is 31.0 Å². The highest BCUT2D eigenvalue weighted by Gasteiger charge is 2.16. The molecule has 0 aliphatic carbocycles. The molecule has 158 valence electrons. The van der Waals surface area contributed by atoms with E-state index in [1.54, 1.807) is 4.57 Å². The first-order valence-electron chi connectivity index (χ1n) is 9.93. The number of hydrogen-bond donors (Lipinski definition) is 2. The van der Waals surface area contributed by atoms with Gasteiger partial charge in [0, 0.05) is 18.8 Å². The van der Waals surface area contributed by atoms with Gasteiger partial charge < -0.3 is 19.8 Å². The molecule has 3 aromatic rings. The van der Waals surface area contributed by atoms with Crippen LogP contribution in [0.4, 0.5) is 0 Å². The largest absolute Gasteiger partial charge is 0.454 e. The monoisotopic (exact) mass is 428 g/mol. The molecular formula is C21H24N4O4S. The summed E-state index contributed by atoms with van der Waals surface area (Å²) in [7, 11) is 0. The van der Waals surface area contributed by atoms with Crippen molar-refractivity contribution in [2.75, 3.05) is 12.5 Å². The zero-order valence-electron chi connectivity index (χ0n) is 17.0. The van der Waals surface area contributed by atoms with E-state index in [0.29, 0.717) is 40.8 Å². The summed E-state index contributed by atoms with van der Waals surface area (Å²) in [5.41, 5.74) is 2.87. The Morgan fingerprint density at radius 2 is 2.13 bits per heavy atom. The van der Waals surface area contributed by atoms with Crippen molar-refractivity contribution in [2.24, 2.45) is 0 Å². The molecule has 0 fully saturated rings. The van der Waals surface area contributed by atoms with Gasteiger partial charge in [-0.1, -0.05) is 31.2 Å². The number of ether oxygens (including phenoxy) is 2. The van der Waals surface area contributed by atoms with Crippen molar-refractivity contribution in [3.8, 4) is 11.5 Å². The van der Waals surface area contributed by atoms with Gasteiger partial charge in [0.2, 0.25) is 12.7 Å². The normalized spacial score (nSPS) is 12.5. The van der Waals surface area contributed by atoms with Crippen LogP contribution < -0.4 is 20.3 Å². The fraction of sp³-hybridized carbons (Fsp3) is 0.381. The van der Waals surface area contributed by atoms with Crippen LogP contribution in [-0.2, 0) is 17.9 Å². The van der Waals surface area contributed by atoms with E-state index in [2.05, 4.69) is 22.2 Å². The average Bonchev–Trinajstić information content (AvgIpc) is 3.35. The molecule has 1 amide bonds. The van der Waals surface area contributed by atoms with Crippen molar-refractivity contribution in [2.45, 2.75) is 44.9 Å². The molecule has 0 bridgehead atoms. The Morgan fingerprint density at radius 3 is 2.97 bits per heavy atom. The van der Waals surface area contributed by atoms with Crippen molar-refractivity contribution >= 4 is 28.7 Å². The minimum atomic E-state index is -0.126. The van der Waals surface area contributed by atoms with Gasteiger partial charge in [-0.05, 0) is 37.1 Å². The van der Waals surface area contributed by atoms with Gasteiger partial charge in [0.05, 0.1) is 11.3 Å². The molecule has 9 heteroatoms. The number of amides is 1. The van der Waals surface area contributed by atoms with E-state index in [-0.39, 0.29) is 24.0 Å². The maximum absolute atomic E-state index is 12.9. The lowest BCUT2D eigenvalue weighted by atomic mass is 10.2. The third kappa shape index (κ3) is 4.30. The molecule has 0 spiro atoms. The van der Waals surface area contributed by atoms with Gasteiger partial charge in [0.1, 0.15) is 5.52 Å². The lowest BCUT2D eigenvalue weighted by Crippen LogP contribution is -2.27. The van der Waals surface area contributed by atoms with E-state index in [4.69, 9.17) is 9.47 Å². The number of nitrogens with zero attached hydrogens (tertiary/aromatic N) is 2. The SMILES string of the molecule is CCCCn1c(SCC(=O)NCc2ccc3c(c2)OCO3)nc2cc(C)[nH]c2c1=O. The maximum atomic E-state index is 12.9. The summed E-state index contributed by atoms with van der Waals surface area (Å²) in [5, 5.41) is 3.47. The smallest absolute Gasteiger partial charge is 0.278 e. The second-order valence-corrected chi connectivity index (χ2v) is 8.11. The summed E-state index contributed by atoms with van der Waals surface area (Å²) in [4.78, 5) is 33.0. The Balaban J connectivity index is 1.43. The molecule has 4 rings (SSSR count). The molecular weight excluding hydrogens is 404 g/mol. The van der Waals surface area contributed by atoms with E-state index < -0.39 is 0 Å². The van der Waals surface area contributed by atoms with Crippen molar-refractivity contribution in [3.63, 3.8) is 0 Å². The van der Waals surface area contributed by atoms with Crippen molar-refractivity contribution in [1.29, 1.82) is 0 Å². The molecule has 1 aromatic carbocycles. The standard InChI is InChI=1S/C21H24N4O4S/c1-3-4-7-25-20(27)19-15(8-13(2)23-19)24-21(25)30-11-18(26)22-10-14-5-6-16-17(9-14)29-12-28-16/h5-6,8-9,23H,3-4,7,10-12H2,1-2H3,(H,22,26). The highest BCUT2D eigenvalue weighted by molar-refractivity contribution is 7.99. The number of benzene rings is 1. The van der Waals surface area contributed by atoms with Gasteiger partial charge in [0.25, 0.3) is 5.56 Å². The number of carbonyl (C=O) groups excluding carboxylic acids is 1. The van der Waals surface area contributed by atoms with E-state index in [0.717, 1.165) is 24.1 Å². The van der Waals surface area contributed by atoms with Crippen LogP contribution >= 0.6 is 11.8 Å². The second kappa shape index (κ2) is 8.83. The van der Waals surface area contributed by atoms with Crippen molar-refractivity contribution in [3.05, 3.63) is 45.9 Å². The zero-order valence-corrected chi connectivity index (χ0v) is 17.8. The minimum absolute atomic E-state index is 0.0928. The van der Waals surface area contributed by atoms with E-state index >= 15 is 0 Å². The van der Waals surface area contributed by atoms with Gasteiger partial charge in [-0.15, -0.1) is 0 Å². The molecule has 30 heavy (non-hydrogen) atoms. The van der Waals surface area contributed by atoms with Crippen molar-refractivity contribution < 1.29 is 14.3 Å². The number of unbranched alkanes of at least 4 members (excludes halogenated alkanes) is 1. The number of nitrogens with one attached hydrogen (secondary N) is 2. The van der Waals surface area contributed by atoms with Gasteiger partial charge >= 0.3 is 0 Å². The number of aryl methyl sites for hydroxylation is 1. The third-order valence-corrected chi connectivity index (χ3v) is 5.81. The first-order valence-corrected chi connectivity index (χ1v) is 10.9. The van der Waals surface area contributed by atoms with Gasteiger partial charge in [-0.3, -0.25) is 14.2 Å². The van der Waals surface area contributed by atoms with Crippen LogP contribution in [0.25, 0.3) is 11.0 Å². The van der Waals surface area contributed by atoms with Gasteiger partial charge in [-0.2, -0.15) is 0 Å². The summed E-state index contributed by atoms with van der Waals surface area (Å²) in [6.07, 6.45) is 1.84. The van der Waals surface area contributed by atoms with E-state index in [9.17, 15) is 9.59 Å². The topological polar surface area (TPSA) is 98.2 Å². The number of fused-ring (bicyclic) bond motifs is 2. The molecule has 2 aromatic heterocycles. The highest BCUT2D eigenvalue weighted by Crippen LogP contribution is 2.32. The summed E-state index contributed by atoms with van der Waals surface area (Å²) in [6, 6.07) is 7.45. The molecule has 1 aliphatic rings. The number of H-pyrrole nitrogens is 1. The predicted molar refractivity (Wildman–Crippen MR) is 115 cm³/mol. The maximum Gasteiger partial charge on any atom is 0.278 e. The fourth-order valence-electron chi connectivity index (χ4n) is 3.27. The highest BCUT2D eigenvalue weighted by atomic mass is 32.2. The number of thioether (sulfide) groups is 1. The molecule has 0 saturated carbocycles. The van der Waals surface area contributed by atoms with Crippen LogP contribution in [0.5, 0.6) is 11.5 Å². The van der Waals surface area contributed by atoms with Crippen molar-refractivity contribution in [1.82, 2.24) is 19.9 Å². The number of aromatic amines is 1. The molecule has 1 aliphatic heterocycles. The Kier molecular flexibility index (Phi) is 5.98. The van der Waals surface area contributed by atoms with Crippen LogP contribution in [-0.4, -0.2) is 33.0 Å². The predicted octanol–water partition coefficient (Wildman–Crippen LogP) is 2.97. The summed E-state index contributed by atoms with van der Waals surface area (Å²) >= 11 is 1.28. The Bertz CT molecular complexity index is 1140. The Labute approximate surface area is 178 Å². The van der Waals surface area contributed by atoms with E-state index in [1.807, 2.05) is 31.2 Å². The molecule has 8 nitrogen and oxygen atoms in total. The first kappa shape index (κ1) is 20.3. The lowest BCUT2D eigenvalue weighted by Gasteiger charge is -2.11. The molecule has 3 heterocycles. The van der Waals surface area contributed by atoms with E-state index in [1.165, 1.54) is 11.8 Å². The van der Waals surface area contributed by atoms with Crippen LogP contribution in [0.3, 0.4) is 0 Å². The molecule has 0 radical (unpaired) electrons. The number of hydrogen-bond acceptors (Lipinski definition) is 6. The molecule has 0 saturated heterocycles. The summed E-state index contributed by atoms with van der Waals surface area (Å²) in [5.74, 6) is 1.46. The summed E-state index contributed by atoms with van der Waals surface area (Å²) in [6.45, 7) is 5.17. The minimum Gasteiger partial charge on any atom is -0.454 e. The average molecular weight is 429 g/mol. The zero-order chi connectivity index (χ0) is 21.1. The first-order chi connectivity index (χ1) is 14.5. The Morgan fingerprint density at radius 1 is 1.30 bits per heavy atom. The molecule has 0 unspecified atom stereocenters. The number of carbonyl (C=O) groups is 1. The molecule has 2 N–H and O–H groups in total. The number of aromatic nitrogens is 3. The van der Waals surface area contributed by atoms with Gasteiger partial charge in [-0.25, -0.2) is 4.98 Å². The van der Waals surface area contributed by atoms with Crippen LogP contribution in [0.15, 0.2) is 34.2 Å². The molecule has 0 atom stereocenters. The fourth-order valence-corrected chi connectivity index (χ4v) is 4.12. The summed E-state index contributed by atoms with van der Waals surface area (Å²) < 4.78 is 12.3. The third-order valence-electron chi connectivity index (χ3n) is 4.83. The van der Waals surface area contributed by atoms with Gasteiger partial charge in [0.15, 0.2) is 16.7 Å². The second-order valence-electron chi connectivity index (χ2n) is 7.17. The quantitative estimate of drug-likeness (QED) is 0.423. The number of rotatable bonds is 8. The lowest BCUT2D eigenvalue weighted by molar-refractivity contribution is -0.118. The van der Waals surface area contributed by atoms with Crippen LogP contribution in [0.2, 0.25) is 0 Å².